The molecule has 1 aromatic carbocycles. The van der Waals surface area contributed by atoms with E-state index in [1.807, 2.05) is 0 Å². The molecule has 1 atom stereocenters. The molecule has 0 bridgehead atoms. The van der Waals surface area contributed by atoms with E-state index in [-0.39, 0.29) is 0 Å². The lowest BCUT2D eigenvalue weighted by molar-refractivity contribution is 0.294. The van der Waals surface area contributed by atoms with Crippen LogP contribution >= 0.6 is 15.9 Å². The molecule has 0 radical (unpaired) electrons. The van der Waals surface area contributed by atoms with Crippen LogP contribution in [0.3, 0.4) is 0 Å². The number of hydrogen-bond acceptors (Lipinski definition) is 2. The number of ether oxygens (including phenoxy) is 1. The third-order valence-corrected chi connectivity index (χ3v) is 4.64. The van der Waals surface area contributed by atoms with E-state index in [4.69, 9.17) is 4.74 Å². The first-order chi connectivity index (χ1) is 9.22. The van der Waals surface area contributed by atoms with E-state index in [1.165, 1.54) is 36.8 Å². The van der Waals surface area contributed by atoms with Gasteiger partial charge >= 0.3 is 0 Å². The van der Waals surface area contributed by atoms with E-state index < -0.39 is 0 Å². The number of hydrogen-bond donors (Lipinski definition) is 1. The Morgan fingerprint density at radius 3 is 2.84 bits per heavy atom. The predicted octanol–water partition coefficient (Wildman–Crippen LogP) is 3.84. The minimum Gasteiger partial charge on any atom is -0.492 e. The van der Waals surface area contributed by atoms with E-state index in [9.17, 15) is 0 Å². The molecule has 3 rings (SSSR count). The summed E-state index contributed by atoms with van der Waals surface area (Å²) in [7, 11) is 0. The Balaban J connectivity index is 1.77. The Kier molecular flexibility index (Phi) is 4.13. The number of nitrogens with one attached hydrogen (secondary N) is 1. The van der Waals surface area contributed by atoms with Gasteiger partial charge in [-0.05, 0) is 84.6 Å². The van der Waals surface area contributed by atoms with Gasteiger partial charge in [0.1, 0.15) is 5.75 Å². The molecule has 2 aliphatic rings. The van der Waals surface area contributed by atoms with E-state index in [0.29, 0.717) is 6.04 Å². The van der Waals surface area contributed by atoms with Crippen LogP contribution in [0, 0.1) is 12.8 Å². The van der Waals surface area contributed by atoms with Gasteiger partial charge in [0.25, 0.3) is 0 Å². The van der Waals surface area contributed by atoms with Crippen molar-refractivity contribution in [1.82, 2.24) is 5.32 Å². The Morgan fingerprint density at radius 1 is 1.32 bits per heavy atom. The van der Waals surface area contributed by atoms with Crippen LogP contribution in [0.2, 0.25) is 0 Å². The van der Waals surface area contributed by atoms with Crippen LogP contribution in [0.25, 0.3) is 0 Å². The molecule has 0 spiro atoms. The van der Waals surface area contributed by atoms with Crippen molar-refractivity contribution >= 4 is 15.9 Å². The summed E-state index contributed by atoms with van der Waals surface area (Å²) < 4.78 is 7.19. The summed E-state index contributed by atoms with van der Waals surface area (Å²) in [4.78, 5) is 0. The highest BCUT2D eigenvalue weighted by Gasteiger charge is 2.24. The third-order valence-electron chi connectivity index (χ3n) is 4.05. The summed E-state index contributed by atoms with van der Waals surface area (Å²) in [5.41, 5.74) is 2.66. The maximum Gasteiger partial charge on any atom is 0.136 e. The normalized spacial score (nSPS) is 22.7. The number of benzene rings is 1. The van der Waals surface area contributed by atoms with Crippen molar-refractivity contribution in [2.75, 3.05) is 13.2 Å². The van der Waals surface area contributed by atoms with Crippen LogP contribution in [-0.2, 0) is 6.42 Å². The molecule has 1 unspecified atom stereocenters. The fourth-order valence-electron chi connectivity index (χ4n) is 2.80. The second kappa shape index (κ2) is 5.84. The molecule has 3 heteroatoms. The van der Waals surface area contributed by atoms with Crippen LogP contribution < -0.4 is 10.1 Å². The number of rotatable bonds is 5. The molecular weight excluding hydrogens is 302 g/mol. The zero-order chi connectivity index (χ0) is 13.2. The van der Waals surface area contributed by atoms with Crippen molar-refractivity contribution in [1.29, 1.82) is 0 Å². The molecule has 1 saturated carbocycles. The van der Waals surface area contributed by atoms with Crippen molar-refractivity contribution in [2.24, 2.45) is 5.92 Å². The fourth-order valence-corrected chi connectivity index (χ4v) is 3.53. The van der Waals surface area contributed by atoms with Crippen molar-refractivity contribution in [3.63, 3.8) is 0 Å². The second-order valence-electron chi connectivity index (χ2n) is 5.99. The molecule has 2 fully saturated rings. The van der Waals surface area contributed by atoms with Crippen LogP contribution in [0.4, 0.5) is 0 Å². The van der Waals surface area contributed by atoms with Gasteiger partial charge in [0.2, 0.25) is 0 Å². The van der Waals surface area contributed by atoms with Crippen molar-refractivity contribution in [2.45, 2.75) is 45.1 Å². The summed E-state index contributed by atoms with van der Waals surface area (Å²) in [6, 6.07) is 5.07. The van der Waals surface area contributed by atoms with Gasteiger partial charge in [0.05, 0.1) is 11.1 Å². The summed E-state index contributed by atoms with van der Waals surface area (Å²) in [5.74, 6) is 1.87. The predicted molar refractivity (Wildman–Crippen MR) is 81.8 cm³/mol. The van der Waals surface area contributed by atoms with E-state index in [0.717, 1.165) is 35.7 Å². The summed E-state index contributed by atoms with van der Waals surface area (Å²) >= 11 is 3.67. The lowest BCUT2D eigenvalue weighted by atomic mass is 10.0. The molecule has 104 valence electrons. The van der Waals surface area contributed by atoms with Gasteiger partial charge in [-0.15, -0.1) is 0 Å². The molecule has 2 nitrogen and oxygen atoms in total. The van der Waals surface area contributed by atoms with Crippen LogP contribution in [0.15, 0.2) is 16.6 Å². The van der Waals surface area contributed by atoms with E-state index >= 15 is 0 Å². The van der Waals surface area contributed by atoms with Crippen LogP contribution in [-0.4, -0.2) is 19.2 Å². The second-order valence-corrected chi connectivity index (χ2v) is 6.84. The van der Waals surface area contributed by atoms with Gasteiger partial charge in [-0.1, -0.05) is 6.07 Å². The quantitative estimate of drug-likeness (QED) is 0.888. The highest BCUT2D eigenvalue weighted by molar-refractivity contribution is 9.10. The molecule has 1 heterocycles. The lowest BCUT2D eigenvalue weighted by Crippen LogP contribution is -2.24. The first-order valence-corrected chi connectivity index (χ1v) is 8.17. The van der Waals surface area contributed by atoms with Gasteiger partial charge in [-0.3, -0.25) is 0 Å². The highest BCUT2D eigenvalue weighted by atomic mass is 79.9. The number of aryl methyl sites for hydroxylation is 1. The molecule has 1 aliphatic heterocycles. The first-order valence-electron chi connectivity index (χ1n) is 7.37. The third kappa shape index (κ3) is 3.51. The van der Waals surface area contributed by atoms with E-state index in [2.05, 4.69) is 40.3 Å². The van der Waals surface area contributed by atoms with Crippen LogP contribution in [0.5, 0.6) is 5.75 Å². The highest BCUT2D eigenvalue weighted by Crippen LogP contribution is 2.35. The zero-order valence-corrected chi connectivity index (χ0v) is 13.1. The van der Waals surface area contributed by atoms with Crippen molar-refractivity contribution in [3.05, 3.63) is 27.7 Å². The molecule has 0 amide bonds. The number of halogens is 1. The average Bonchev–Trinajstić information content (AvgIpc) is 3.04. The maximum absolute atomic E-state index is 6.08. The molecule has 1 aliphatic carbocycles. The first kappa shape index (κ1) is 13.4. The molecule has 0 aromatic heterocycles. The Hall–Kier alpha value is -0.540. The van der Waals surface area contributed by atoms with E-state index in [1.54, 1.807) is 0 Å². The topological polar surface area (TPSA) is 21.3 Å². The molecule has 19 heavy (non-hydrogen) atoms. The van der Waals surface area contributed by atoms with Gasteiger partial charge in [0.15, 0.2) is 0 Å². The summed E-state index contributed by atoms with van der Waals surface area (Å²) in [6.07, 6.45) is 6.34. The maximum atomic E-state index is 6.08. The van der Waals surface area contributed by atoms with Gasteiger partial charge in [0, 0.05) is 6.04 Å². The molecular formula is C16H22BrNO. The Morgan fingerprint density at radius 2 is 2.16 bits per heavy atom. The SMILES string of the molecule is Cc1cc(Br)c(OCC2CC2)c(CC2CCCN2)c1. The largest absolute Gasteiger partial charge is 0.492 e. The zero-order valence-electron chi connectivity index (χ0n) is 11.5. The lowest BCUT2D eigenvalue weighted by Gasteiger charge is -2.17. The summed E-state index contributed by atoms with van der Waals surface area (Å²) in [6.45, 7) is 4.20. The average molecular weight is 324 g/mol. The Bertz CT molecular complexity index is 450. The van der Waals surface area contributed by atoms with Crippen molar-refractivity contribution < 1.29 is 4.74 Å². The smallest absolute Gasteiger partial charge is 0.136 e. The fraction of sp³-hybridized carbons (Fsp3) is 0.625. The monoisotopic (exact) mass is 323 g/mol. The Labute approximate surface area is 124 Å². The minimum absolute atomic E-state index is 0.622. The van der Waals surface area contributed by atoms with Crippen LogP contribution in [0.1, 0.15) is 36.8 Å². The molecule has 1 aromatic rings. The van der Waals surface area contributed by atoms with Gasteiger partial charge < -0.3 is 10.1 Å². The molecule has 1 N–H and O–H groups in total. The minimum atomic E-state index is 0.622. The molecule has 1 saturated heterocycles. The van der Waals surface area contributed by atoms with Gasteiger partial charge in [-0.25, -0.2) is 0 Å². The van der Waals surface area contributed by atoms with Gasteiger partial charge in [-0.2, -0.15) is 0 Å². The van der Waals surface area contributed by atoms with Crippen molar-refractivity contribution in [3.8, 4) is 5.75 Å². The standard InChI is InChI=1S/C16H22BrNO/c1-11-7-13(9-14-3-2-6-18-14)16(15(17)8-11)19-10-12-4-5-12/h7-8,12,14,18H,2-6,9-10H2,1H3. The summed E-state index contributed by atoms with van der Waals surface area (Å²) in [5, 5.41) is 3.58.